The molecule has 0 atom stereocenters. The molecule has 0 aliphatic carbocycles. The quantitative estimate of drug-likeness (QED) is 0.767. The van der Waals surface area contributed by atoms with E-state index in [4.69, 9.17) is 16.3 Å². The third-order valence-corrected chi connectivity index (χ3v) is 5.44. The molecular formula is C14H14ClNO4S2. The summed E-state index contributed by atoms with van der Waals surface area (Å²) in [6, 6.07) is 4.02. The molecule has 0 fully saturated rings. The maximum Gasteiger partial charge on any atom is 0.338 e. The van der Waals surface area contributed by atoms with Crippen LogP contribution in [0.4, 0.5) is 0 Å². The third-order valence-electron chi connectivity index (χ3n) is 2.82. The van der Waals surface area contributed by atoms with Gasteiger partial charge in [0.2, 0.25) is 0 Å². The second-order valence-corrected chi connectivity index (χ2v) is 7.91. The van der Waals surface area contributed by atoms with Gasteiger partial charge in [-0.1, -0.05) is 18.5 Å². The van der Waals surface area contributed by atoms with Crippen molar-refractivity contribution in [2.45, 2.75) is 24.8 Å². The number of benzene rings is 1. The number of hydrogen-bond acceptors (Lipinski definition) is 6. The maximum absolute atomic E-state index is 12.0. The van der Waals surface area contributed by atoms with Gasteiger partial charge < -0.3 is 4.74 Å². The zero-order valence-electron chi connectivity index (χ0n) is 12.0. The molecule has 22 heavy (non-hydrogen) atoms. The Morgan fingerprint density at radius 2 is 2.14 bits per heavy atom. The van der Waals surface area contributed by atoms with E-state index >= 15 is 0 Å². The summed E-state index contributed by atoms with van der Waals surface area (Å²) in [5.74, 6) is -0.618. The first-order valence-corrected chi connectivity index (χ1v) is 9.56. The molecule has 0 spiro atoms. The van der Waals surface area contributed by atoms with E-state index in [1.165, 1.54) is 29.5 Å². The van der Waals surface area contributed by atoms with Crippen LogP contribution in [0.1, 0.15) is 28.0 Å². The summed E-state index contributed by atoms with van der Waals surface area (Å²) in [6.45, 7) is 2.04. The minimum Gasteiger partial charge on any atom is -0.456 e. The standard InChI is InChI=1S/C14H14ClNO4S2/c1-3-13-16-10(8-21-13)7-20-14(17)9-4-5-11(15)12(6-9)22(2,18)19/h4-6,8H,3,7H2,1-2H3. The molecule has 2 aromatic rings. The summed E-state index contributed by atoms with van der Waals surface area (Å²) in [7, 11) is -3.51. The average Bonchev–Trinajstić information content (AvgIpc) is 2.92. The highest BCUT2D eigenvalue weighted by Gasteiger charge is 2.17. The van der Waals surface area contributed by atoms with Crippen LogP contribution in [0.2, 0.25) is 5.02 Å². The van der Waals surface area contributed by atoms with E-state index in [0.717, 1.165) is 17.7 Å². The highest BCUT2D eigenvalue weighted by Crippen LogP contribution is 2.23. The molecule has 0 saturated carbocycles. The maximum atomic E-state index is 12.0. The van der Waals surface area contributed by atoms with Gasteiger partial charge in [0.05, 0.1) is 26.2 Å². The molecule has 0 unspecified atom stereocenters. The number of halogens is 1. The number of aryl methyl sites for hydroxylation is 1. The van der Waals surface area contributed by atoms with Crippen molar-refractivity contribution >= 4 is 38.7 Å². The molecule has 0 aliphatic heterocycles. The molecule has 0 N–H and O–H groups in total. The first kappa shape index (κ1) is 16.9. The van der Waals surface area contributed by atoms with Gasteiger partial charge in [-0.2, -0.15) is 0 Å². The number of carbonyl (C=O) groups excluding carboxylic acids is 1. The molecule has 8 heteroatoms. The van der Waals surface area contributed by atoms with Crippen LogP contribution < -0.4 is 0 Å². The summed E-state index contributed by atoms with van der Waals surface area (Å²) >= 11 is 7.34. The molecule has 118 valence electrons. The van der Waals surface area contributed by atoms with Crippen molar-refractivity contribution < 1.29 is 17.9 Å². The second-order valence-electron chi connectivity index (χ2n) is 4.58. The van der Waals surface area contributed by atoms with Crippen molar-refractivity contribution in [3.63, 3.8) is 0 Å². The fourth-order valence-corrected chi connectivity index (χ4v) is 3.75. The molecule has 0 aliphatic rings. The number of ether oxygens (including phenoxy) is 1. The zero-order chi connectivity index (χ0) is 16.3. The first-order chi connectivity index (χ1) is 10.3. The number of nitrogens with zero attached hydrogens (tertiary/aromatic N) is 1. The highest BCUT2D eigenvalue weighted by molar-refractivity contribution is 7.90. The van der Waals surface area contributed by atoms with Crippen LogP contribution in [0.25, 0.3) is 0 Å². The SMILES string of the molecule is CCc1nc(COC(=O)c2ccc(Cl)c(S(C)(=O)=O)c2)cs1. The number of sulfone groups is 1. The van der Waals surface area contributed by atoms with E-state index < -0.39 is 15.8 Å². The minimum atomic E-state index is -3.51. The minimum absolute atomic E-state index is 0.0478. The van der Waals surface area contributed by atoms with Gasteiger partial charge in [0.1, 0.15) is 6.61 Å². The molecule has 0 radical (unpaired) electrons. The summed E-state index contributed by atoms with van der Waals surface area (Å²) in [6.07, 6.45) is 1.86. The molecule has 1 heterocycles. The van der Waals surface area contributed by atoms with Crippen LogP contribution in [0.3, 0.4) is 0 Å². The fourth-order valence-electron chi connectivity index (χ4n) is 1.71. The predicted octanol–water partition coefficient (Wildman–Crippen LogP) is 3.12. The lowest BCUT2D eigenvalue weighted by Gasteiger charge is -2.06. The number of hydrogen-bond donors (Lipinski definition) is 0. The molecule has 1 aromatic carbocycles. The van der Waals surface area contributed by atoms with Crippen molar-refractivity contribution in [1.29, 1.82) is 0 Å². The first-order valence-electron chi connectivity index (χ1n) is 6.41. The summed E-state index contributed by atoms with van der Waals surface area (Å²) in [4.78, 5) is 16.2. The van der Waals surface area contributed by atoms with Crippen LogP contribution in [-0.4, -0.2) is 25.6 Å². The van der Waals surface area contributed by atoms with Gasteiger partial charge in [-0.15, -0.1) is 11.3 Å². The van der Waals surface area contributed by atoms with E-state index in [0.29, 0.717) is 5.69 Å². The smallest absolute Gasteiger partial charge is 0.338 e. The van der Waals surface area contributed by atoms with Crippen molar-refractivity contribution in [3.05, 3.63) is 44.9 Å². The molecule has 2 rings (SSSR count). The zero-order valence-corrected chi connectivity index (χ0v) is 14.4. The Kier molecular flexibility index (Phi) is 5.20. The molecule has 0 saturated heterocycles. The molecular weight excluding hydrogens is 346 g/mol. The van der Waals surface area contributed by atoms with E-state index in [2.05, 4.69) is 4.98 Å². The number of aromatic nitrogens is 1. The third kappa shape index (κ3) is 4.06. The number of thiazole rings is 1. The normalized spacial score (nSPS) is 11.4. The van der Waals surface area contributed by atoms with E-state index in [-0.39, 0.29) is 22.1 Å². The number of rotatable bonds is 5. The lowest BCUT2D eigenvalue weighted by molar-refractivity contribution is 0.0468. The summed E-state index contributed by atoms with van der Waals surface area (Å²) < 4.78 is 28.3. The fraction of sp³-hybridized carbons (Fsp3) is 0.286. The number of esters is 1. The van der Waals surface area contributed by atoms with Crippen molar-refractivity contribution in [3.8, 4) is 0 Å². The Morgan fingerprint density at radius 1 is 1.41 bits per heavy atom. The van der Waals surface area contributed by atoms with Crippen LogP contribution >= 0.6 is 22.9 Å². The Balaban J connectivity index is 2.13. The Hall–Kier alpha value is -1.44. The lowest BCUT2D eigenvalue weighted by atomic mass is 10.2. The molecule has 1 aromatic heterocycles. The van der Waals surface area contributed by atoms with E-state index in [9.17, 15) is 13.2 Å². The van der Waals surface area contributed by atoms with Gasteiger partial charge in [-0.05, 0) is 24.6 Å². The van der Waals surface area contributed by atoms with Gasteiger partial charge in [0.15, 0.2) is 9.84 Å². The summed E-state index contributed by atoms with van der Waals surface area (Å²) in [5.41, 5.74) is 0.809. The Morgan fingerprint density at radius 3 is 2.73 bits per heavy atom. The van der Waals surface area contributed by atoms with Crippen LogP contribution in [0.15, 0.2) is 28.5 Å². The second kappa shape index (κ2) is 6.76. The van der Waals surface area contributed by atoms with Crippen LogP contribution in [0.5, 0.6) is 0 Å². The predicted molar refractivity (Wildman–Crippen MR) is 85.2 cm³/mol. The van der Waals surface area contributed by atoms with Gasteiger partial charge in [-0.25, -0.2) is 18.2 Å². The number of carbonyl (C=O) groups is 1. The largest absolute Gasteiger partial charge is 0.456 e. The van der Waals surface area contributed by atoms with Crippen LogP contribution in [0, 0.1) is 0 Å². The molecule has 0 amide bonds. The van der Waals surface area contributed by atoms with Crippen molar-refractivity contribution in [2.75, 3.05) is 6.26 Å². The van der Waals surface area contributed by atoms with Gasteiger partial charge in [0.25, 0.3) is 0 Å². The van der Waals surface area contributed by atoms with Gasteiger partial charge in [0, 0.05) is 11.6 Å². The monoisotopic (exact) mass is 359 g/mol. The van der Waals surface area contributed by atoms with Crippen molar-refractivity contribution in [2.24, 2.45) is 0 Å². The van der Waals surface area contributed by atoms with Gasteiger partial charge >= 0.3 is 5.97 Å². The van der Waals surface area contributed by atoms with Gasteiger partial charge in [-0.3, -0.25) is 0 Å². The molecule has 0 bridgehead atoms. The van der Waals surface area contributed by atoms with E-state index in [1.54, 1.807) is 0 Å². The topological polar surface area (TPSA) is 73.3 Å². The van der Waals surface area contributed by atoms with Crippen molar-refractivity contribution in [1.82, 2.24) is 4.98 Å². The van der Waals surface area contributed by atoms with Crippen LogP contribution in [-0.2, 0) is 27.6 Å². The van der Waals surface area contributed by atoms with E-state index in [1.807, 2.05) is 12.3 Å². The lowest BCUT2D eigenvalue weighted by Crippen LogP contribution is -2.07. The molecule has 5 nitrogen and oxygen atoms in total. The Labute approximate surface area is 137 Å². The average molecular weight is 360 g/mol. The highest BCUT2D eigenvalue weighted by atomic mass is 35.5. The Bertz CT molecular complexity index is 799. The summed E-state index contributed by atoms with van der Waals surface area (Å²) in [5, 5.41) is 2.87.